The molecule has 144 valence electrons. The average Bonchev–Trinajstić information content (AvgIpc) is 2.93. The van der Waals surface area contributed by atoms with Crippen LogP contribution < -0.4 is 5.32 Å². The molecule has 7 heteroatoms. The zero-order chi connectivity index (χ0) is 19.2. The molecule has 0 radical (unpaired) electrons. The molecule has 7 nitrogen and oxygen atoms in total. The highest BCUT2D eigenvalue weighted by atomic mass is 16.5. The summed E-state index contributed by atoms with van der Waals surface area (Å²) in [6.45, 7) is 6.22. The summed E-state index contributed by atoms with van der Waals surface area (Å²) in [5, 5.41) is 6.87. The molecule has 27 heavy (non-hydrogen) atoms. The molecule has 1 aliphatic rings. The molecule has 1 atom stereocenters. The second kappa shape index (κ2) is 8.81. The first-order chi connectivity index (χ1) is 13.0. The first-order valence-corrected chi connectivity index (χ1v) is 9.33. The monoisotopic (exact) mass is 370 g/mol. The molecule has 2 aromatic rings. The molecule has 1 aromatic carbocycles. The van der Waals surface area contributed by atoms with E-state index < -0.39 is 11.8 Å². The van der Waals surface area contributed by atoms with Gasteiger partial charge in [0.1, 0.15) is 0 Å². The van der Waals surface area contributed by atoms with Crippen LogP contribution in [0, 0.1) is 5.92 Å². The van der Waals surface area contributed by atoms with E-state index in [0.29, 0.717) is 37.9 Å². The lowest BCUT2D eigenvalue weighted by molar-refractivity contribution is -0.143. The Morgan fingerprint density at radius 3 is 2.74 bits per heavy atom. The summed E-state index contributed by atoms with van der Waals surface area (Å²) in [5.41, 5.74) is 1.09. The predicted molar refractivity (Wildman–Crippen MR) is 102 cm³/mol. The number of ether oxygens (including phenoxy) is 1. The molecule has 0 spiro atoms. The van der Waals surface area contributed by atoms with E-state index in [1.165, 1.54) is 0 Å². The second-order valence-electron chi connectivity index (χ2n) is 7.12. The lowest BCUT2D eigenvalue weighted by Gasteiger charge is -2.18. The largest absolute Gasteiger partial charge is 0.372 e. The molecule has 1 aliphatic heterocycles. The van der Waals surface area contributed by atoms with Crippen molar-refractivity contribution in [1.82, 2.24) is 14.7 Å². The molecular weight excluding hydrogens is 344 g/mol. The van der Waals surface area contributed by atoms with Gasteiger partial charge in [0, 0.05) is 31.9 Å². The van der Waals surface area contributed by atoms with Gasteiger partial charge >= 0.3 is 11.8 Å². The van der Waals surface area contributed by atoms with Crippen LogP contribution >= 0.6 is 0 Å². The summed E-state index contributed by atoms with van der Waals surface area (Å²) in [5.74, 6) is -0.374. The summed E-state index contributed by atoms with van der Waals surface area (Å²) in [6.07, 6.45) is 2.40. The lowest BCUT2D eigenvalue weighted by Crippen LogP contribution is -2.41. The predicted octanol–water partition coefficient (Wildman–Crippen LogP) is 2.47. The molecule has 1 saturated heterocycles. The third-order valence-electron chi connectivity index (χ3n) is 4.43. The highest BCUT2D eigenvalue weighted by Crippen LogP contribution is 2.23. The molecule has 1 unspecified atom stereocenters. The van der Waals surface area contributed by atoms with Crippen molar-refractivity contribution < 1.29 is 14.3 Å². The van der Waals surface area contributed by atoms with Crippen molar-refractivity contribution in [2.75, 3.05) is 25.0 Å². The highest BCUT2D eigenvalue weighted by molar-refractivity contribution is 6.39. The van der Waals surface area contributed by atoms with Crippen molar-refractivity contribution in [3.8, 4) is 0 Å². The van der Waals surface area contributed by atoms with Crippen LogP contribution in [0.5, 0.6) is 0 Å². The Labute approximate surface area is 159 Å². The molecule has 0 bridgehead atoms. The number of hydrogen-bond donors (Lipinski definition) is 1. The maximum atomic E-state index is 12.5. The van der Waals surface area contributed by atoms with Crippen LogP contribution in [0.2, 0.25) is 0 Å². The normalized spacial score (nSPS) is 17.6. The van der Waals surface area contributed by atoms with Crippen LogP contribution in [0.25, 0.3) is 0 Å². The van der Waals surface area contributed by atoms with Crippen LogP contribution in [0.15, 0.2) is 42.6 Å². The Balaban J connectivity index is 1.55. The minimum Gasteiger partial charge on any atom is -0.372 e. The first-order valence-electron chi connectivity index (χ1n) is 9.33. The van der Waals surface area contributed by atoms with Gasteiger partial charge in [0.15, 0.2) is 5.82 Å². The summed E-state index contributed by atoms with van der Waals surface area (Å²) < 4.78 is 7.63. The molecule has 1 N–H and O–H groups in total. The third-order valence-corrected chi connectivity index (χ3v) is 4.43. The smallest absolute Gasteiger partial charge is 0.315 e. The number of nitrogens with zero attached hydrogens (tertiary/aromatic N) is 3. The quantitative estimate of drug-likeness (QED) is 0.839. The average molecular weight is 370 g/mol. The van der Waals surface area contributed by atoms with E-state index >= 15 is 0 Å². The van der Waals surface area contributed by atoms with Crippen LogP contribution in [0.3, 0.4) is 0 Å². The molecule has 0 aliphatic carbocycles. The summed E-state index contributed by atoms with van der Waals surface area (Å²) in [4.78, 5) is 26.4. The fraction of sp³-hybridized carbons (Fsp3) is 0.450. The van der Waals surface area contributed by atoms with Gasteiger partial charge < -0.3 is 15.0 Å². The Morgan fingerprint density at radius 1 is 1.22 bits per heavy atom. The Kier molecular flexibility index (Phi) is 6.24. The summed E-state index contributed by atoms with van der Waals surface area (Å²) in [7, 11) is 0. The minimum absolute atomic E-state index is 0.0567. The van der Waals surface area contributed by atoms with Gasteiger partial charge in [-0.15, -0.1) is 0 Å². The molecule has 2 heterocycles. The Hall–Kier alpha value is -2.67. The lowest BCUT2D eigenvalue weighted by atomic mass is 10.1. The number of carbonyl (C=O) groups excluding carboxylic acids is 2. The molecule has 0 saturated carbocycles. The van der Waals surface area contributed by atoms with Crippen LogP contribution in [0.4, 0.5) is 5.82 Å². The van der Waals surface area contributed by atoms with Crippen molar-refractivity contribution >= 4 is 17.6 Å². The van der Waals surface area contributed by atoms with Crippen LogP contribution in [-0.4, -0.2) is 46.2 Å². The first kappa shape index (κ1) is 19.1. The van der Waals surface area contributed by atoms with E-state index in [2.05, 4.69) is 24.3 Å². The summed E-state index contributed by atoms with van der Waals surface area (Å²) >= 11 is 0. The maximum Gasteiger partial charge on any atom is 0.315 e. The Morgan fingerprint density at radius 2 is 2.00 bits per heavy atom. The van der Waals surface area contributed by atoms with E-state index in [1.807, 2.05) is 30.3 Å². The number of benzene rings is 1. The maximum absolute atomic E-state index is 12.5. The highest BCUT2D eigenvalue weighted by Gasteiger charge is 2.26. The van der Waals surface area contributed by atoms with Crippen molar-refractivity contribution in [3.63, 3.8) is 0 Å². The summed E-state index contributed by atoms with van der Waals surface area (Å²) in [6, 6.07) is 11.6. The molecule has 1 aromatic heterocycles. The van der Waals surface area contributed by atoms with E-state index in [1.54, 1.807) is 21.8 Å². The number of nitrogens with one attached hydrogen (secondary N) is 1. The van der Waals surface area contributed by atoms with E-state index in [9.17, 15) is 9.59 Å². The minimum atomic E-state index is -0.664. The number of aromatic nitrogens is 2. The van der Waals surface area contributed by atoms with Gasteiger partial charge in [-0.05, 0) is 17.9 Å². The van der Waals surface area contributed by atoms with Gasteiger partial charge in [0.25, 0.3) is 0 Å². The number of amides is 2. The van der Waals surface area contributed by atoms with E-state index in [0.717, 1.165) is 12.1 Å². The van der Waals surface area contributed by atoms with Gasteiger partial charge in [-0.2, -0.15) is 5.10 Å². The molecule has 3 rings (SSSR count). The van der Waals surface area contributed by atoms with Gasteiger partial charge in [0.05, 0.1) is 12.7 Å². The van der Waals surface area contributed by atoms with Gasteiger partial charge in [-0.25, -0.2) is 0 Å². The second-order valence-corrected chi connectivity index (χ2v) is 7.12. The number of hydrogen-bond acceptors (Lipinski definition) is 4. The van der Waals surface area contributed by atoms with Crippen molar-refractivity contribution in [3.05, 3.63) is 48.2 Å². The number of anilines is 1. The molecule has 1 fully saturated rings. The van der Waals surface area contributed by atoms with Gasteiger partial charge in [0.2, 0.25) is 0 Å². The van der Waals surface area contributed by atoms with E-state index in [-0.39, 0.29) is 6.10 Å². The van der Waals surface area contributed by atoms with Crippen molar-refractivity contribution in [2.24, 2.45) is 5.92 Å². The van der Waals surface area contributed by atoms with Crippen LogP contribution in [0.1, 0.15) is 31.9 Å². The zero-order valence-corrected chi connectivity index (χ0v) is 15.8. The van der Waals surface area contributed by atoms with Crippen LogP contribution in [-0.2, 0) is 20.9 Å². The topological polar surface area (TPSA) is 76.5 Å². The standard InChI is InChI=1S/C20H26N4O3/c1-15(2)14-24-11-9-18(22-24)21-19(25)20(26)23-10-8-17(27-13-12-23)16-6-4-3-5-7-16/h3-7,9,11,15,17H,8,10,12-14H2,1-2H3,(H,21,22,25). The third kappa shape index (κ3) is 5.17. The fourth-order valence-corrected chi connectivity index (χ4v) is 3.12. The Bertz CT molecular complexity index is 773. The van der Waals surface area contributed by atoms with Crippen molar-refractivity contribution in [2.45, 2.75) is 32.9 Å². The van der Waals surface area contributed by atoms with Crippen molar-refractivity contribution in [1.29, 1.82) is 0 Å². The number of carbonyl (C=O) groups is 2. The fourth-order valence-electron chi connectivity index (χ4n) is 3.12. The van der Waals surface area contributed by atoms with E-state index in [4.69, 9.17) is 4.74 Å². The molecular formula is C20H26N4O3. The molecule has 2 amide bonds. The zero-order valence-electron chi connectivity index (χ0n) is 15.8. The van der Waals surface area contributed by atoms with Gasteiger partial charge in [-0.3, -0.25) is 14.3 Å². The van der Waals surface area contributed by atoms with Gasteiger partial charge in [-0.1, -0.05) is 44.2 Å². The SMILES string of the molecule is CC(C)Cn1ccc(NC(=O)C(=O)N2CCOC(c3ccccc3)CC2)n1. The number of rotatable bonds is 4.